The van der Waals surface area contributed by atoms with Crippen molar-refractivity contribution < 1.29 is 34.7 Å². The maximum absolute atomic E-state index is 11.2. The largest absolute Gasteiger partial charge is 0.497 e. The molecule has 0 saturated carbocycles. The lowest BCUT2D eigenvalue weighted by Crippen LogP contribution is -2.56. The van der Waals surface area contributed by atoms with Gasteiger partial charge in [0.15, 0.2) is 6.23 Å². The summed E-state index contributed by atoms with van der Waals surface area (Å²) in [5, 5.41) is 43.6. The molecule has 2 heterocycles. The van der Waals surface area contributed by atoms with Crippen LogP contribution in [0, 0.1) is 0 Å². The first-order valence-corrected chi connectivity index (χ1v) is 9.09. The molecule has 1 aromatic heterocycles. The van der Waals surface area contributed by atoms with Gasteiger partial charge >= 0.3 is 0 Å². The average molecular weight is 394 g/mol. The summed E-state index contributed by atoms with van der Waals surface area (Å²) in [6.07, 6.45) is -3.96. The quantitative estimate of drug-likeness (QED) is 0.438. The van der Waals surface area contributed by atoms with Crippen LogP contribution in [-0.4, -0.2) is 75.6 Å². The molecular formula is C19H26N2O7. The summed E-state index contributed by atoms with van der Waals surface area (Å²) in [6.45, 7) is 1.38. The van der Waals surface area contributed by atoms with Crippen molar-refractivity contribution in [3.05, 3.63) is 30.0 Å². The van der Waals surface area contributed by atoms with Gasteiger partial charge in [-0.05, 0) is 30.2 Å². The number of aliphatic hydroxyl groups excluding tert-OH is 4. The molecule has 0 spiro atoms. The maximum Gasteiger partial charge on any atom is 0.216 e. The molecule has 0 unspecified atom stereocenters. The summed E-state index contributed by atoms with van der Waals surface area (Å²) in [7, 11) is 1.56. The molecule has 1 aromatic carbocycles. The standard InChI is InChI=1S/C19H26N2O7/c1-10(23)20-6-5-11-8-21(14-4-3-12(27-2)7-13(11)14)19-18(26)17(25)16(24)15(9-22)28-19/h3-4,7-8,15-19,22,24-26H,5-6,9H2,1-2H3,(H,20,23)/t15-,16-,17+,18-,19+/m1/s1. The van der Waals surface area contributed by atoms with Gasteiger partial charge < -0.3 is 39.8 Å². The Kier molecular flexibility index (Phi) is 6.21. The Morgan fingerprint density at radius 2 is 2.00 bits per heavy atom. The fraction of sp³-hybridized carbons (Fsp3) is 0.526. The second kappa shape index (κ2) is 8.46. The van der Waals surface area contributed by atoms with Gasteiger partial charge in [0.25, 0.3) is 0 Å². The number of carbonyl (C=O) groups excluding carboxylic acids is 1. The zero-order valence-electron chi connectivity index (χ0n) is 15.8. The SMILES string of the molecule is COc1ccc2c(c1)c(CCNC(C)=O)cn2[C@H]1O[C@H](CO)[C@@H](O)[C@H](O)[C@H]1O. The number of hydrogen-bond acceptors (Lipinski definition) is 7. The molecule has 3 rings (SSSR count). The first kappa shape index (κ1) is 20.6. The highest BCUT2D eigenvalue weighted by molar-refractivity contribution is 5.85. The normalized spacial score (nSPS) is 27.7. The predicted molar refractivity (Wildman–Crippen MR) is 99.9 cm³/mol. The summed E-state index contributed by atoms with van der Waals surface area (Å²) in [5.74, 6) is 0.523. The van der Waals surface area contributed by atoms with Crippen LogP contribution in [0.15, 0.2) is 24.4 Å². The number of nitrogens with zero attached hydrogens (tertiary/aromatic N) is 1. The lowest BCUT2D eigenvalue weighted by molar-refractivity contribution is -0.250. The zero-order valence-corrected chi connectivity index (χ0v) is 15.8. The summed E-state index contributed by atoms with van der Waals surface area (Å²) in [6, 6.07) is 5.41. The molecule has 9 heteroatoms. The Hall–Kier alpha value is -2.17. The highest BCUT2D eigenvalue weighted by Gasteiger charge is 2.44. The summed E-state index contributed by atoms with van der Waals surface area (Å²) >= 11 is 0. The van der Waals surface area contributed by atoms with E-state index in [1.165, 1.54) is 6.92 Å². The van der Waals surface area contributed by atoms with Crippen LogP contribution in [0.2, 0.25) is 0 Å². The van der Waals surface area contributed by atoms with Crippen molar-refractivity contribution in [1.29, 1.82) is 0 Å². The Balaban J connectivity index is 2.01. The van der Waals surface area contributed by atoms with Crippen LogP contribution >= 0.6 is 0 Å². The minimum absolute atomic E-state index is 0.129. The van der Waals surface area contributed by atoms with Gasteiger partial charge in [-0.1, -0.05) is 0 Å². The van der Waals surface area contributed by atoms with E-state index in [9.17, 15) is 25.2 Å². The maximum atomic E-state index is 11.2. The van der Waals surface area contributed by atoms with Crippen LogP contribution in [0.4, 0.5) is 0 Å². The van der Waals surface area contributed by atoms with Crippen molar-refractivity contribution in [3.63, 3.8) is 0 Å². The van der Waals surface area contributed by atoms with E-state index in [2.05, 4.69) is 5.32 Å². The summed E-state index contributed by atoms with van der Waals surface area (Å²) in [5.41, 5.74) is 1.61. The van der Waals surface area contributed by atoms with E-state index in [0.29, 0.717) is 18.7 Å². The average Bonchev–Trinajstić information content (AvgIpc) is 3.04. The summed E-state index contributed by atoms with van der Waals surface area (Å²) in [4.78, 5) is 11.2. The topological polar surface area (TPSA) is 133 Å². The van der Waals surface area contributed by atoms with Gasteiger partial charge in [0, 0.05) is 25.1 Å². The monoisotopic (exact) mass is 394 g/mol. The van der Waals surface area contributed by atoms with Crippen molar-refractivity contribution in [1.82, 2.24) is 9.88 Å². The van der Waals surface area contributed by atoms with E-state index < -0.39 is 37.3 Å². The van der Waals surface area contributed by atoms with Gasteiger partial charge in [0.05, 0.1) is 19.2 Å². The molecule has 1 amide bonds. The van der Waals surface area contributed by atoms with Gasteiger partial charge in [-0.15, -0.1) is 0 Å². The number of aliphatic hydroxyl groups is 4. The van der Waals surface area contributed by atoms with Crippen molar-refractivity contribution in [3.8, 4) is 5.75 Å². The molecule has 154 valence electrons. The van der Waals surface area contributed by atoms with Crippen LogP contribution in [0.5, 0.6) is 5.75 Å². The molecular weight excluding hydrogens is 368 g/mol. The molecule has 1 saturated heterocycles. The van der Waals surface area contributed by atoms with Crippen molar-refractivity contribution in [2.24, 2.45) is 0 Å². The minimum atomic E-state index is -1.46. The third kappa shape index (κ3) is 3.85. The van der Waals surface area contributed by atoms with Crippen molar-refractivity contribution in [2.75, 3.05) is 20.3 Å². The third-order valence-electron chi connectivity index (χ3n) is 5.03. The van der Waals surface area contributed by atoms with Crippen LogP contribution in [0.25, 0.3) is 10.9 Å². The van der Waals surface area contributed by atoms with Gasteiger partial charge in [-0.3, -0.25) is 4.79 Å². The van der Waals surface area contributed by atoms with Crippen molar-refractivity contribution in [2.45, 2.75) is 44.0 Å². The fourth-order valence-corrected chi connectivity index (χ4v) is 3.53. The molecule has 5 N–H and O–H groups in total. The molecule has 9 nitrogen and oxygen atoms in total. The van der Waals surface area contributed by atoms with Crippen LogP contribution in [-0.2, 0) is 16.0 Å². The number of aromatic nitrogens is 1. The smallest absolute Gasteiger partial charge is 0.216 e. The Morgan fingerprint density at radius 1 is 1.25 bits per heavy atom. The number of hydrogen-bond donors (Lipinski definition) is 5. The van der Waals surface area contributed by atoms with Crippen LogP contribution in [0.1, 0.15) is 18.7 Å². The molecule has 1 aliphatic rings. The highest BCUT2D eigenvalue weighted by atomic mass is 16.6. The summed E-state index contributed by atoms with van der Waals surface area (Å²) < 4.78 is 12.7. The van der Waals surface area contributed by atoms with Gasteiger partial charge in [0.1, 0.15) is 30.2 Å². The second-order valence-corrected chi connectivity index (χ2v) is 6.90. The number of ether oxygens (including phenoxy) is 2. The lowest BCUT2D eigenvalue weighted by Gasteiger charge is -2.40. The van der Waals surface area contributed by atoms with Gasteiger partial charge in [0.2, 0.25) is 5.91 Å². The van der Waals surface area contributed by atoms with E-state index in [1.807, 2.05) is 6.07 Å². The third-order valence-corrected chi connectivity index (χ3v) is 5.03. The number of methoxy groups -OCH3 is 1. The first-order valence-electron chi connectivity index (χ1n) is 9.09. The lowest BCUT2D eigenvalue weighted by atomic mass is 9.98. The first-order chi connectivity index (χ1) is 13.4. The number of nitrogens with one attached hydrogen (secondary N) is 1. The fourth-order valence-electron chi connectivity index (χ4n) is 3.53. The Labute approximate surface area is 162 Å². The molecule has 0 bridgehead atoms. The zero-order chi connectivity index (χ0) is 20.4. The molecule has 28 heavy (non-hydrogen) atoms. The van der Waals surface area contributed by atoms with E-state index >= 15 is 0 Å². The van der Waals surface area contributed by atoms with E-state index in [0.717, 1.165) is 16.5 Å². The van der Waals surface area contributed by atoms with Crippen LogP contribution < -0.4 is 10.1 Å². The van der Waals surface area contributed by atoms with E-state index in [4.69, 9.17) is 9.47 Å². The molecule has 5 atom stereocenters. The van der Waals surface area contributed by atoms with Gasteiger partial charge in [-0.2, -0.15) is 0 Å². The van der Waals surface area contributed by atoms with Gasteiger partial charge in [-0.25, -0.2) is 0 Å². The second-order valence-electron chi connectivity index (χ2n) is 6.90. The number of fused-ring (bicyclic) bond motifs is 1. The number of carbonyl (C=O) groups is 1. The molecule has 1 aliphatic heterocycles. The Bertz CT molecular complexity index is 835. The predicted octanol–water partition coefficient (Wildman–Crippen LogP) is -0.699. The highest BCUT2D eigenvalue weighted by Crippen LogP contribution is 2.34. The van der Waals surface area contributed by atoms with E-state index in [1.54, 1.807) is 30.0 Å². The van der Waals surface area contributed by atoms with E-state index in [-0.39, 0.29) is 5.91 Å². The molecule has 0 aliphatic carbocycles. The molecule has 1 fully saturated rings. The minimum Gasteiger partial charge on any atom is -0.497 e. The van der Waals surface area contributed by atoms with Crippen LogP contribution in [0.3, 0.4) is 0 Å². The molecule has 2 aromatic rings. The number of amides is 1. The molecule has 0 radical (unpaired) electrons. The number of rotatable bonds is 6. The number of benzene rings is 1. The Morgan fingerprint density at radius 3 is 2.64 bits per heavy atom. The van der Waals surface area contributed by atoms with Crippen molar-refractivity contribution >= 4 is 16.8 Å².